The van der Waals surface area contributed by atoms with Gasteiger partial charge in [0.25, 0.3) is 0 Å². The van der Waals surface area contributed by atoms with Crippen molar-refractivity contribution in [1.82, 2.24) is 4.98 Å². The second-order valence-electron chi connectivity index (χ2n) is 4.69. The number of rotatable bonds is 4. The first kappa shape index (κ1) is 12.8. The van der Waals surface area contributed by atoms with E-state index < -0.39 is 6.10 Å². The number of hydrogen-bond donors (Lipinski definition) is 2. The van der Waals surface area contributed by atoms with Crippen molar-refractivity contribution in [1.29, 1.82) is 0 Å². The fourth-order valence-corrected chi connectivity index (χ4v) is 2.41. The average Bonchev–Trinajstić information content (AvgIpc) is 2.92. The van der Waals surface area contributed by atoms with Crippen LogP contribution >= 0.6 is 0 Å². The molecule has 0 aliphatic rings. The zero-order chi connectivity index (χ0) is 13.9. The predicted molar refractivity (Wildman–Crippen MR) is 80.0 cm³/mol. The quantitative estimate of drug-likeness (QED) is 0.758. The Balaban J connectivity index is 1.93. The van der Waals surface area contributed by atoms with Gasteiger partial charge in [0.05, 0.1) is 6.61 Å². The fraction of sp³-hybridized carbons (Fsp3) is 0.176. The summed E-state index contributed by atoms with van der Waals surface area (Å²) in [6.45, 7) is 2.60. The summed E-state index contributed by atoms with van der Waals surface area (Å²) >= 11 is 0. The normalized spacial score (nSPS) is 12.5. The molecule has 1 aromatic heterocycles. The summed E-state index contributed by atoms with van der Waals surface area (Å²) in [5.41, 5.74) is 2.79. The van der Waals surface area contributed by atoms with E-state index in [0.717, 1.165) is 27.8 Å². The molecule has 2 aromatic carbocycles. The number of aromatic nitrogens is 1. The van der Waals surface area contributed by atoms with E-state index in [1.165, 1.54) is 0 Å². The van der Waals surface area contributed by atoms with Gasteiger partial charge in [-0.25, -0.2) is 0 Å². The van der Waals surface area contributed by atoms with Crippen LogP contribution in [0.15, 0.2) is 54.7 Å². The van der Waals surface area contributed by atoms with Gasteiger partial charge >= 0.3 is 0 Å². The van der Waals surface area contributed by atoms with Gasteiger partial charge in [0.1, 0.15) is 11.9 Å². The van der Waals surface area contributed by atoms with Gasteiger partial charge in [0.15, 0.2) is 0 Å². The van der Waals surface area contributed by atoms with Gasteiger partial charge in [-0.05, 0) is 30.7 Å². The van der Waals surface area contributed by atoms with Gasteiger partial charge in [-0.15, -0.1) is 0 Å². The predicted octanol–water partition coefficient (Wildman–Crippen LogP) is 3.65. The summed E-state index contributed by atoms with van der Waals surface area (Å²) in [5.74, 6) is 0.822. The number of H-pyrrole nitrogens is 1. The molecule has 0 radical (unpaired) electrons. The third-order valence-electron chi connectivity index (χ3n) is 3.42. The van der Waals surface area contributed by atoms with Crippen molar-refractivity contribution in [2.24, 2.45) is 0 Å². The van der Waals surface area contributed by atoms with Crippen LogP contribution in [0.1, 0.15) is 24.2 Å². The molecular formula is C17H17NO2. The first-order valence-electron chi connectivity index (χ1n) is 6.76. The molecular weight excluding hydrogens is 250 g/mol. The van der Waals surface area contributed by atoms with Gasteiger partial charge < -0.3 is 14.8 Å². The topological polar surface area (TPSA) is 45.2 Å². The molecule has 0 amide bonds. The first-order chi connectivity index (χ1) is 9.79. The molecule has 0 saturated carbocycles. The third kappa shape index (κ3) is 2.28. The lowest BCUT2D eigenvalue weighted by molar-refractivity contribution is 0.221. The molecule has 2 N–H and O–H groups in total. The van der Waals surface area contributed by atoms with Crippen LogP contribution in [0.5, 0.6) is 5.75 Å². The fourth-order valence-electron chi connectivity index (χ4n) is 2.41. The molecule has 3 nitrogen and oxygen atoms in total. The van der Waals surface area contributed by atoms with Crippen molar-refractivity contribution in [3.8, 4) is 5.75 Å². The second kappa shape index (κ2) is 5.39. The smallest absolute Gasteiger partial charge is 0.119 e. The van der Waals surface area contributed by atoms with Gasteiger partial charge in [-0.3, -0.25) is 0 Å². The van der Waals surface area contributed by atoms with Crippen LogP contribution in [0.4, 0.5) is 0 Å². The van der Waals surface area contributed by atoms with E-state index in [1.807, 2.05) is 61.7 Å². The Morgan fingerprint density at radius 3 is 2.60 bits per heavy atom. The van der Waals surface area contributed by atoms with Crippen molar-refractivity contribution in [3.63, 3.8) is 0 Å². The highest BCUT2D eigenvalue weighted by Crippen LogP contribution is 2.29. The second-order valence-corrected chi connectivity index (χ2v) is 4.69. The molecule has 0 aliphatic carbocycles. The minimum absolute atomic E-state index is 0.637. The minimum atomic E-state index is -0.637. The minimum Gasteiger partial charge on any atom is -0.494 e. The molecule has 0 fully saturated rings. The SMILES string of the molecule is CCOc1ccc(C(O)c2c[nH]c3ccccc23)cc1. The molecule has 0 spiro atoms. The number of aliphatic hydroxyl groups excluding tert-OH is 1. The highest BCUT2D eigenvalue weighted by atomic mass is 16.5. The Kier molecular flexibility index (Phi) is 3.44. The monoisotopic (exact) mass is 267 g/mol. The van der Waals surface area contributed by atoms with E-state index in [9.17, 15) is 5.11 Å². The molecule has 20 heavy (non-hydrogen) atoms. The van der Waals surface area contributed by atoms with E-state index in [1.54, 1.807) is 0 Å². The van der Waals surface area contributed by atoms with Gasteiger partial charge in [-0.1, -0.05) is 30.3 Å². The molecule has 102 valence electrons. The summed E-state index contributed by atoms with van der Waals surface area (Å²) in [5, 5.41) is 11.6. The van der Waals surface area contributed by atoms with Crippen LogP contribution in [-0.4, -0.2) is 16.7 Å². The van der Waals surface area contributed by atoms with Crippen molar-refractivity contribution in [2.45, 2.75) is 13.0 Å². The average molecular weight is 267 g/mol. The molecule has 3 aromatic rings. The van der Waals surface area contributed by atoms with Crippen LogP contribution < -0.4 is 4.74 Å². The van der Waals surface area contributed by atoms with Gasteiger partial charge in [-0.2, -0.15) is 0 Å². The van der Waals surface area contributed by atoms with Crippen LogP contribution in [0, 0.1) is 0 Å². The molecule has 3 heteroatoms. The van der Waals surface area contributed by atoms with E-state index in [4.69, 9.17) is 4.74 Å². The Morgan fingerprint density at radius 1 is 1.10 bits per heavy atom. The number of fused-ring (bicyclic) bond motifs is 1. The van der Waals surface area contributed by atoms with Crippen molar-refractivity contribution >= 4 is 10.9 Å². The highest BCUT2D eigenvalue weighted by molar-refractivity contribution is 5.83. The summed E-state index contributed by atoms with van der Waals surface area (Å²) < 4.78 is 5.41. The lowest BCUT2D eigenvalue weighted by Gasteiger charge is -2.11. The molecule has 0 saturated heterocycles. The van der Waals surface area contributed by atoms with E-state index in [-0.39, 0.29) is 0 Å². The van der Waals surface area contributed by atoms with Crippen molar-refractivity contribution in [3.05, 3.63) is 65.9 Å². The van der Waals surface area contributed by atoms with E-state index in [0.29, 0.717) is 6.61 Å². The summed E-state index contributed by atoms with van der Waals surface area (Å²) in [4.78, 5) is 3.19. The lowest BCUT2D eigenvalue weighted by atomic mass is 10.0. The van der Waals surface area contributed by atoms with Gasteiger partial charge in [0.2, 0.25) is 0 Å². The van der Waals surface area contributed by atoms with Crippen LogP contribution in [0.25, 0.3) is 10.9 Å². The zero-order valence-electron chi connectivity index (χ0n) is 11.3. The van der Waals surface area contributed by atoms with E-state index >= 15 is 0 Å². The standard InChI is InChI=1S/C17H17NO2/c1-2-20-13-9-7-12(8-10-13)17(19)15-11-18-16-6-4-3-5-14(15)16/h3-11,17-19H,2H2,1H3. The maximum Gasteiger partial charge on any atom is 0.119 e. The Bertz CT molecular complexity index is 700. The number of hydrogen-bond acceptors (Lipinski definition) is 2. The molecule has 1 unspecified atom stereocenters. The van der Waals surface area contributed by atoms with Gasteiger partial charge in [0, 0.05) is 22.7 Å². The molecule has 3 rings (SSSR count). The largest absolute Gasteiger partial charge is 0.494 e. The summed E-state index contributed by atoms with van der Waals surface area (Å²) in [6.07, 6.45) is 1.23. The Labute approximate surface area is 117 Å². The maximum absolute atomic E-state index is 10.5. The molecule has 0 bridgehead atoms. The lowest BCUT2D eigenvalue weighted by Crippen LogP contribution is -1.99. The van der Waals surface area contributed by atoms with Crippen LogP contribution in [-0.2, 0) is 0 Å². The van der Waals surface area contributed by atoms with Crippen LogP contribution in [0.3, 0.4) is 0 Å². The number of aromatic amines is 1. The number of benzene rings is 2. The number of para-hydroxylation sites is 1. The molecule has 1 heterocycles. The van der Waals surface area contributed by atoms with Crippen LogP contribution in [0.2, 0.25) is 0 Å². The third-order valence-corrected chi connectivity index (χ3v) is 3.42. The maximum atomic E-state index is 10.5. The Morgan fingerprint density at radius 2 is 1.85 bits per heavy atom. The summed E-state index contributed by atoms with van der Waals surface area (Å²) in [7, 11) is 0. The first-order valence-corrected chi connectivity index (χ1v) is 6.76. The number of ether oxygens (including phenoxy) is 1. The molecule has 1 atom stereocenters. The highest BCUT2D eigenvalue weighted by Gasteiger charge is 2.14. The number of aliphatic hydroxyl groups is 1. The van der Waals surface area contributed by atoms with Crippen molar-refractivity contribution in [2.75, 3.05) is 6.61 Å². The molecule has 0 aliphatic heterocycles. The number of nitrogens with one attached hydrogen (secondary N) is 1. The summed E-state index contributed by atoms with van der Waals surface area (Å²) in [6, 6.07) is 15.5. The van der Waals surface area contributed by atoms with E-state index in [2.05, 4.69) is 4.98 Å². The Hall–Kier alpha value is -2.26. The zero-order valence-corrected chi connectivity index (χ0v) is 11.3. The van der Waals surface area contributed by atoms with Crippen molar-refractivity contribution < 1.29 is 9.84 Å².